The van der Waals surface area contributed by atoms with E-state index in [2.05, 4.69) is 5.32 Å². The molecule has 6 heteroatoms. The molecule has 110 valence electrons. The van der Waals surface area contributed by atoms with Gasteiger partial charge in [0.2, 0.25) is 11.8 Å². The molecule has 1 saturated heterocycles. The van der Waals surface area contributed by atoms with Crippen LogP contribution in [-0.4, -0.2) is 35.3 Å². The Morgan fingerprint density at radius 3 is 2.95 bits per heavy atom. The lowest BCUT2D eigenvalue weighted by Crippen LogP contribution is -2.49. The monoisotopic (exact) mass is 286 g/mol. The van der Waals surface area contributed by atoms with Gasteiger partial charge in [-0.3, -0.25) is 14.5 Å². The smallest absolute Gasteiger partial charge is 0.241 e. The van der Waals surface area contributed by atoms with Gasteiger partial charge in [-0.1, -0.05) is 6.07 Å². The Morgan fingerprint density at radius 1 is 1.52 bits per heavy atom. The van der Waals surface area contributed by atoms with Crippen LogP contribution < -0.4 is 11.1 Å². The number of nitrogens with two attached hydrogens (primary N) is 1. The quantitative estimate of drug-likeness (QED) is 0.856. The number of primary amides is 1. The summed E-state index contributed by atoms with van der Waals surface area (Å²) in [5.74, 6) is -0.600. The van der Waals surface area contributed by atoms with Crippen LogP contribution in [0.1, 0.15) is 25.3 Å². The van der Waals surface area contributed by atoms with Crippen molar-refractivity contribution in [3.05, 3.63) is 29.8 Å². The molecule has 0 saturated carbocycles. The molecule has 2 rings (SSSR count). The first-order valence-electron chi connectivity index (χ1n) is 6.89. The predicted octanol–water partition coefficient (Wildman–Crippen LogP) is 0.835. The summed E-state index contributed by atoms with van der Waals surface area (Å²) < 4.78 is 0. The number of carbonyl (C=O) groups is 2. The molecule has 1 aromatic carbocycles. The molecule has 0 bridgehead atoms. The van der Waals surface area contributed by atoms with Gasteiger partial charge in [-0.05, 0) is 44.5 Å². The van der Waals surface area contributed by atoms with Crippen molar-refractivity contribution < 1.29 is 9.59 Å². The Labute approximate surface area is 123 Å². The molecule has 0 radical (unpaired) electrons. The van der Waals surface area contributed by atoms with E-state index in [9.17, 15) is 9.59 Å². The van der Waals surface area contributed by atoms with Gasteiger partial charge in [-0.25, -0.2) is 0 Å². The summed E-state index contributed by atoms with van der Waals surface area (Å²) in [5.41, 5.74) is 6.42. The lowest BCUT2D eigenvalue weighted by molar-refractivity contribution is -0.126. The average Bonchev–Trinajstić information content (AvgIpc) is 2.96. The number of nitrogens with zero attached hydrogens (tertiary/aromatic N) is 2. The molecule has 6 nitrogen and oxygen atoms in total. The van der Waals surface area contributed by atoms with E-state index < -0.39 is 11.9 Å². The first kappa shape index (κ1) is 15.0. The van der Waals surface area contributed by atoms with Gasteiger partial charge in [0.1, 0.15) is 0 Å². The molecule has 0 aliphatic carbocycles. The number of carbonyl (C=O) groups excluding carboxylic acids is 2. The maximum atomic E-state index is 12.3. The Balaban J connectivity index is 2.05. The summed E-state index contributed by atoms with van der Waals surface area (Å²) >= 11 is 0. The van der Waals surface area contributed by atoms with Gasteiger partial charge in [0.15, 0.2) is 0 Å². The second-order valence-electron chi connectivity index (χ2n) is 5.16. The first-order valence-corrected chi connectivity index (χ1v) is 6.89. The number of hydrogen-bond donors (Lipinski definition) is 2. The van der Waals surface area contributed by atoms with Gasteiger partial charge in [0.25, 0.3) is 0 Å². The van der Waals surface area contributed by atoms with E-state index in [-0.39, 0.29) is 11.9 Å². The Hall–Kier alpha value is -2.39. The minimum Gasteiger partial charge on any atom is -0.368 e. The van der Waals surface area contributed by atoms with Gasteiger partial charge in [0, 0.05) is 5.69 Å². The molecule has 1 aliphatic heterocycles. The first-order chi connectivity index (χ1) is 10.0. The zero-order valence-corrected chi connectivity index (χ0v) is 11.9. The van der Waals surface area contributed by atoms with Crippen molar-refractivity contribution in [3.8, 4) is 6.07 Å². The minimum atomic E-state index is -0.448. The van der Waals surface area contributed by atoms with E-state index in [1.807, 2.05) is 11.0 Å². The maximum absolute atomic E-state index is 12.3. The average molecular weight is 286 g/mol. The van der Waals surface area contributed by atoms with Crippen LogP contribution in [0.15, 0.2) is 24.3 Å². The summed E-state index contributed by atoms with van der Waals surface area (Å²) in [5, 5.41) is 11.6. The zero-order valence-electron chi connectivity index (χ0n) is 11.9. The number of nitrogens with one attached hydrogen (secondary N) is 1. The van der Waals surface area contributed by atoms with Crippen LogP contribution >= 0.6 is 0 Å². The Kier molecular flexibility index (Phi) is 4.55. The maximum Gasteiger partial charge on any atom is 0.241 e. The molecule has 2 atom stereocenters. The number of hydrogen-bond acceptors (Lipinski definition) is 4. The van der Waals surface area contributed by atoms with E-state index in [4.69, 9.17) is 11.0 Å². The minimum absolute atomic E-state index is 0.210. The summed E-state index contributed by atoms with van der Waals surface area (Å²) in [6, 6.07) is 7.91. The SMILES string of the molecule is CC(C(=O)Nc1cccc(C#N)c1)N1CCCC1C(N)=O. The van der Waals surface area contributed by atoms with Crippen LogP contribution in [0.3, 0.4) is 0 Å². The zero-order chi connectivity index (χ0) is 15.4. The third-order valence-corrected chi connectivity index (χ3v) is 3.76. The summed E-state index contributed by atoms with van der Waals surface area (Å²) in [6.07, 6.45) is 1.55. The third-order valence-electron chi connectivity index (χ3n) is 3.76. The van der Waals surface area contributed by atoms with E-state index in [1.165, 1.54) is 0 Å². The van der Waals surface area contributed by atoms with Crippen molar-refractivity contribution in [2.75, 3.05) is 11.9 Å². The van der Waals surface area contributed by atoms with Gasteiger partial charge in [0.05, 0.1) is 23.7 Å². The topological polar surface area (TPSA) is 99.2 Å². The summed E-state index contributed by atoms with van der Waals surface area (Å²) in [7, 11) is 0. The highest BCUT2D eigenvalue weighted by Crippen LogP contribution is 2.21. The normalized spacial score (nSPS) is 19.7. The number of amides is 2. The fraction of sp³-hybridized carbons (Fsp3) is 0.400. The lowest BCUT2D eigenvalue weighted by Gasteiger charge is -2.27. The van der Waals surface area contributed by atoms with Crippen molar-refractivity contribution in [1.29, 1.82) is 5.26 Å². The molecular formula is C15H18N4O2. The van der Waals surface area contributed by atoms with E-state index in [1.54, 1.807) is 31.2 Å². The van der Waals surface area contributed by atoms with Crippen LogP contribution in [0, 0.1) is 11.3 Å². The molecular weight excluding hydrogens is 268 g/mol. The van der Waals surface area contributed by atoms with Crippen LogP contribution in [0.2, 0.25) is 0 Å². The van der Waals surface area contributed by atoms with Crippen molar-refractivity contribution >= 4 is 17.5 Å². The number of anilines is 1. The number of rotatable bonds is 4. The molecule has 3 N–H and O–H groups in total. The number of nitriles is 1. The molecule has 0 spiro atoms. The summed E-state index contributed by atoms with van der Waals surface area (Å²) in [4.78, 5) is 25.5. The number of benzene rings is 1. The largest absolute Gasteiger partial charge is 0.368 e. The highest BCUT2D eigenvalue weighted by atomic mass is 16.2. The lowest BCUT2D eigenvalue weighted by atomic mass is 10.1. The van der Waals surface area contributed by atoms with Crippen LogP contribution in [0.25, 0.3) is 0 Å². The van der Waals surface area contributed by atoms with Crippen molar-refractivity contribution in [2.24, 2.45) is 5.73 Å². The second kappa shape index (κ2) is 6.37. The molecule has 1 fully saturated rings. The second-order valence-corrected chi connectivity index (χ2v) is 5.16. The third kappa shape index (κ3) is 3.38. The highest BCUT2D eigenvalue weighted by Gasteiger charge is 2.35. The number of likely N-dealkylation sites (tertiary alicyclic amines) is 1. The predicted molar refractivity (Wildman–Crippen MR) is 78.2 cm³/mol. The Morgan fingerprint density at radius 2 is 2.29 bits per heavy atom. The van der Waals surface area contributed by atoms with E-state index in [0.717, 1.165) is 6.42 Å². The standard InChI is InChI=1S/C15H18N4O2/c1-10(19-7-3-6-13(19)14(17)20)15(21)18-12-5-2-4-11(8-12)9-16/h2,4-5,8,10,13H,3,6-7H2,1H3,(H2,17,20)(H,18,21). The molecule has 1 aromatic rings. The molecule has 1 aliphatic rings. The van der Waals surface area contributed by atoms with Gasteiger partial charge < -0.3 is 11.1 Å². The molecule has 1 heterocycles. The molecule has 2 amide bonds. The molecule has 2 unspecified atom stereocenters. The van der Waals surface area contributed by atoms with Gasteiger partial charge in [-0.2, -0.15) is 5.26 Å². The van der Waals surface area contributed by atoms with Crippen molar-refractivity contribution in [3.63, 3.8) is 0 Å². The molecule has 21 heavy (non-hydrogen) atoms. The van der Waals surface area contributed by atoms with E-state index in [0.29, 0.717) is 24.2 Å². The highest BCUT2D eigenvalue weighted by molar-refractivity contribution is 5.95. The fourth-order valence-electron chi connectivity index (χ4n) is 2.62. The molecule has 0 aromatic heterocycles. The van der Waals surface area contributed by atoms with Crippen molar-refractivity contribution in [2.45, 2.75) is 31.8 Å². The van der Waals surface area contributed by atoms with Gasteiger partial charge in [-0.15, -0.1) is 0 Å². The summed E-state index contributed by atoms with van der Waals surface area (Å²) in [6.45, 7) is 2.44. The fourth-order valence-corrected chi connectivity index (χ4v) is 2.62. The van der Waals surface area contributed by atoms with Crippen LogP contribution in [0.4, 0.5) is 5.69 Å². The van der Waals surface area contributed by atoms with Crippen molar-refractivity contribution in [1.82, 2.24) is 4.90 Å². The van der Waals surface area contributed by atoms with Crippen LogP contribution in [-0.2, 0) is 9.59 Å². The Bertz CT molecular complexity index is 594. The van der Waals surface area contributed by atoms with Gasteiger partial charge >= 0.3 is 0 Å². The van der Waals surface area contributed by atoms with E-state index >= 15 is 0 Å². The van der Waals surface area contributed by atoms with Crippen LogP contribution in [0.5, 0.6) is 0 Å².